The highest BCUT2D eigenvalue weighted by molar-refractivity contribution is 8.26. The van der Waals surface area contributed by atoms with E-state index in [4.69, 9.17) is 12.2 Å². The third-order valence-electron chi connectivity index (χ3n) is 3.98. The molecule has 1 fully saturated rings. The number of thioether (sulfide) groups is 1. The summed E-state index contributed by atoms with van der Waals surface area (Å²) in [6.07, 6.45) is 2.78. The first-order valence-electron chi connectivity index (χ1n) is 7.93. The molecule has 1 aliphatic heterocycles. The fourth-order valence-electron chi connectivity index (χ4n) is 2.51. The molecule has 2 N–H and O–H groups in total. The average molecular weight is 352 g/mol. The number of carbonyl (C=O) groups excluding carboxylic acids is 1. The molecule has 6 heteroatoms. The molecule has 0 spiro atoms. The van der Waals surface area contributed by atoms with Gasteiger partial charge in [-0.25, -0.2) is 0 Å². The van der Waals surface area contributed by atoms with E-state index in [1.54, 1.807) is 29.2 Å². The highest BCUT2D eigenvalue weighted by atomic mass is 32.2. The van der Waals surface area contributed by atoms with Crippen LogP contribution in [0.3, 0.4) is 0 Å². The summed E-state index contributed by atoms with van der Waals surface area (Å²) in [6, 6.07) is 6.79. The first-order chi connectivity index (χ1) is 11.0. The van der Waals surface area contributed by atoms with Crippen LogP contribution in [-0.4, -0.2) is 46.4 Å². The van der Waals surface area contributed by atoms with Crippen molar-refractivity contribution in [2.24, 2.45) is 0 Å². The largest absolute Gasteiger partial charge is 0.508 e. The van der Waals surface area contributed by atoms with Crippen LogP contribution in [0.4, 0.5) is 0 Å². The van der Waals surface area contributed by atoms with Crippen LogP contribution in [0.1, 0.15) is 25.8 Å². The van der Waals surface area contributed by atoms with Crippen LogP contribution >= 0.6 is 24.0 Å². The molecule has 0 radical (unpaired) electrons. The Morgan fingerprint density at radius 2 is 1.91 bits per heavy atom. The molecule has 1 aromatic rings. The lowest BCUT2D eigenvalue weighted by molar-refractivity contribution is -0.896. The van der Waals surface area contributed by atoms with Crippen molar-refractivity contribution in [3.05, 3.63) is 34.7 Å². The Morgan fingerprint density at radius 3 is 2.52 bits per heavy atom. The number of quaternary nitrogens is 1. The molecule has 23 heavy (non-hydrogen) atoms. The number of amides is 1. The lowest BCUT2D eigenvalue weighted by Gasteiger charge is -2.18. The number of nitrogens with one attached hydrogen (secondary N) is 1. The number of aromatic hydroxyl groups is 1. The van der Waals surface area contributed by atoms with Crippen molar-refractivity contribution in [3.63, 3.8) is 0 Å². The number of benzene rings is 1. The van der Waals surface area contributed by atoms with Gasteiger partial charge in [-0.1, -0.05) is 36.1 Å². The fourth-order valence-corrected chi connectivity index (χ4v) is 3.81. The van der Waals surface area contributed by atoms with Crippen molar-refractivity contribution in [3.8, 4) is 5.75 Å². The van der Waals surface area contributed by atoms with Crippen molar-refractivity contribution >= 4 is 40.3 Å². The second-order valence-electron chi connectivity index (χ2n) is 5.49. The molecule has 2 rings (SSSR count). The Bertz CT molecular complexity index is 595. The second kappa shape index (κ2) is 8.47. The third-order valence-corrected chi connectivity index (χ3v) is 5.35. The molecule has 0 saturated carbocycles. The number of nitrogens with zero attached hydrogens (tertiary/aromatic N) is 1. The van der Waals surface area contributed by atoms with E-state index in [1.807, 2.05) is 6.08 Å². The lowest BCUT2D eigenvalue weighted by atomic mass is 10.2. The Hall–Kier alpha value is -1.37. The minimum Gasteiger partial charge on any atom is -0.508 e. The fraction of sp³-hybridized carbons (Fsp3) is 0.412. The summed E-state index contributed by atoms with van der Waals surface area (Å²) >= 11 is 6.70. The van der Waals surface area contributed by atoms with Gasteiger partial charge in [0.2, 0.25) is 0 Å². The quantitative estimate of drug-likeness (QED) is 0.582. The first kappa shape index (κ1) is 18.0. The number of hydrogen-bond acceptors (Lipinski definition) is 4. The maximum absolute atomic E-state index is 12.5. The molecular formula is C17H23N2O2S2+. The Labute approximate surface area is 147 Å². The third kappa shape index (κ3) is 4.80. The van der Waals surface area contributed by atoms with Gasteiger partial charge in [0.1, 0.15) is 10.1 Å². The Balaban J connectivity index is 1.98. The molecule has 1 saturated heterocycles. The highest BCUT2D eigenvalue weighted by Gasteiger charge is 2.31. The second-order valence-corrected chi connectivity index (χ2v) is 7.16. The molecule has 4 nitrogen and oxygen atoms in total. The van der Waals surface area contributed by atoms with Gasteiger partial charge in [-0.05, 0) is 37.6 Å². The smallest absolute Gasteiger partial charge is 0.266 e. The predicted molar refractivity (Wildman–Crippen MR) is 99.5 cm³/mol. The normalized spacial score (nSPS) is 16.8. The van der Waals surface area contributed by atoms with Crippen LogP contribution in [-0.2, 0) is 4.79 Å². The van der Waals surface area contributed by atoms with Crippen LogP contribution in [0.25, 0.3) is 6.08 Å². The number of thiocarbonyl (C=S) groups is 1. The highest BCUT2D eigenvalue weighted by Crippen LogP contribution is 2.32. The van der Waals surface area contributed by atoms with Crippen LogP contribution in [0.5, 0.6) is 5.75 Å². The van der Waals surface area contributed by atoms with Gasteiger partial charge in [0, 0.05) is 13.0 Å². The van der Waals surface area contributed by atoms with Gasteiger partial charge in [-0.15, -0.1) is 0 Å². The Morgan fingerprint density at radius 1 is 1.26 bits per heavy atom. The van der Waals surface area contributed by atoms with Crippen molar-refractivity contribution in [2.75, 3.05) is 26.2 Å². The van der Waals surface area contributed by atoms with Crippen LogP contribution in [0.15, 0.2) is 29.2 Å². The summed E-state index contributed by atoms with van der Waals surface area (Å²) in [4.78, 5) is 16.4. The summed E-state index contributed by atoms with van der Waals surface area (Å²) in [5, 5.41) is 9.31. The Kier molecular flexibility index (Phi) is 6.62. The van der Waals surface area contributed by atoms with E-state index >= 15 is 0 Å². The van der Waals surface area contributed by atoms with E-state index in [9.17, 15) is 9.90 Å². The van der Waals surface area contributed by atoms with Gasteiger partial charge < -0.3 is 10.0 Å². The van der Waals surface area contributed by atoms with Gasteiger partial charge in [0.05, 0.1) is 24.5 Å². The van der Waals surface area contributed by atoms with E-state index in [2.05, 4.69) is 13.8 Å². The van der Waals surface area contributed by atoms with Gasteiger partial charge in [-0.2, -0.15) is 0 Å². The summed E-state index contributed by atoms with van der Waals surface area (Å²) in [5.74, 6) is 0.205. The van der Waals surface area contributed by atoms with Crippen molar-refractivity contribution in [2.45, 2.75) is 20.3 Å². The summed E-state index contributed by atoms with van der Waals surface area (Å²) in [5.41, 5.74) is 0.885. The minimum absolute atomic E-state index is 0.0115. The maximum Gasteiger partial charge on any atom is 0.266 e. The number of hydrogen-bond donors (Lipinski definition) is 2. The van der Waals surface area contributed by atoms with E-state index in [1.165, 1.54) is 16.7 Å². The molecular weight excluding hydrogens is 328 g/mol. The van der Waals surface area contributed by atoms with E-state index in [0.717, 1.165) is 31.6 Å². The summed E-state index contributed by atoms with van der Waals surface area (Å²) in [6.45, 7) is 8.31. The van der Waals surface area contributed by atoms with E-state index < -0.39 is 0 Å². The van der Waals surface area contributed by atoms with Crippen LogP contribution in [0, 0.1) is 0 Å². The van der Waals surface area contributed by atoms with Gasteiger partial charge >= 0.3 is 0 Å². The number of rotatable bonds is 7. The van der Waals surface area contributed by atoms with Crippen LogP contribution < -0.4 is 4.90 Å². The molecule has 1 amide bonds. The van der Waals surface area contributed by atoms with Crippen LogP contribution in [0.2, 0.25) is 0 Å². The number of phenols is 1. The molecule has 0 unspecified atom stereocenters. The van der Waals surface area contributed by atoms with E-state index in [-0.39, 0.29) is 11.7 Å². The van der Waals surface area contributed by atoms with Gasteiger partial charge in [-0.3, -0.25) is 9.69 Å². The maximum atomic E-state index is 12.5. The molecule has 1 aliphatic rings. The zero-order chi connectivity index (χ0) is 16.8. The standard InChI is InChI=1S/C17H22N2O2S2/c1-3-18(4-2)10-5-11-19-16(21)15(23-17(19)22)12-13-6-8-14(20)9-7-13/h6-9,12,20H,3-5,10-11H2,1-2H3/p+1/b15-12-. The zero-order valence-corrected chi connectivity index (χ0v) is 15.2. The van der Waals surface area contributed by atoms with Crippen molar-refractivity contribution in [1.82, 2.24) is 4.90 Å². The van der Waals surface area contributed by atoms with Gasteiger partial charge in [0.25, 0.3) is 5.91 Å². The van der Waals surface area contributed by atoms with Crippen molar-refractivity contribution in [1.29, 1.82) is 0 Å². The van der Waals surface area contributed by atoms with E-state index in [0.29, 0.717) is 15.8 Å². The van der Waals surface area contributed by atoms with Gasteiger partial charge in [0.15, 0.2) is 0 Å². The summed E-state index contributed by atoms with van der Waals surface area (Å²) in [7, 11) is 0. The topological polar surface area (TPSA) is 45.0 Å². The minimum atomic E-state index is -0.0115. The molecule has 0 bridgehead atoms. The lowest BCUT2D eigenvalue weighted by Crippen LogP contribution is -3.11. The molecule has 0 aromatic heterocycles. The molecule has 0 atom stereocenters. The summed E-state index contributed by atoms with van der Waals surface area (Å²) < 4.78 is 0.634. The average Bonchev–Trinajstić information content (AvgIpc) is 2.81. The number of phenolic OH excluding ortho intramolecular Hbond substituents is 1. The first-order valence-corrected chi connectivity index (χ1v) is 9.15. The van der Waals surface area contributed by atoms with Crippen molar-refractivity contribution < 1.29 is 14.8 Å². The SMILES string of the molecule is CC[NH+](CC)CCCN1C(=O)/C(=C/c2ccc(O)cc2)SC1=S. The predicted octanol–water partition coefficient (Wildman–Crippen LogP) is 1.91. The zero-order valence-electron chi connectivity index (χ0n) is 13.5. The monoisotopic (exact) mass is 351 g/mol. The molecule has 124 valence electrons. The molecule has 1 aromatic carbocycles. The molecule has 1 heterocycles. The number of carbonyl (C=O) groups is 1. The molecule has 0 aliphatic carbocycles.